The summed E-state index contributed by atoms with van der Waals surface area (Å²) in [7, 11) is 0. The molecule has 1 unspecified atom stereocenters. The average molecular weight is 449 g/mol. The monoisotopic (exact) mass is 448 g/mol. The van der Waals surface area contributed by atoms with E-state index in [1.807, 2.05) is 48.5 Å². The molecule has 1 aliphatic rings. The van der Waals surface area contributed by atoms with Crippen LogP contribution in [0.15, 0.2) is 72.8 Å². The largest absolute Gasteiger partial charge is 0.489 e. The predicted molar refractivity (Wildman–Crippen MR) is 125 cm³/mol. The normalized spacial score (nSPS) is 14.3. The quantitative estimate of drug-likeness (QED) is 0.460. The molecule has 7 heteroatoms. The minimum Gasteiger partial charge on any atom is -0.489 e. The molecule has 1 heterocycles. The molecule has 3 aromatic carbocycles. The number of carboxylic acid groups (broad SMARTS) is 1. The summed E-state index contributed by atoms with van der Waals surface area (Å²) in [6.07, 6.45) is 0. The summed E-state index contributed by atoms with van der Waals surface area (Å²) < 4.78 is 5.97. The summed E-state index contributed by atoms with van der Waals surface area (Å²) in [5.74, 6) is 0.386. The summed E-state index contributed by atoms with van der Waals surface area (Å²) >= 11 is 1.66. The minimum absolute atomic E-state index is 0.0859. The van der Waals surface area contributed by atoms with Crippen LogP contribution in [-0.4, -0.2) is 29.4 Å². The number of nitrogens with one attached hydrogen (secondary N) is 2. The molecule has 4 rings (SSSR count). The van der Waals surface area contributed by atoms with Crippen LogP contribution in [0.2, 0.25) is 0 Å². The maximum absolute atomic E-state index is 12.1. The molecule has 0 saturated carbocycles. The SMILES string of the molecule is O=C(NCCSC1c2ccccc2COc2ccc(C(=O)O)cc21)NCc1ccccc1. The maximum Gasteiger partial charge on any atom is 0.335 e. The zero-order chi connectivity index (χ0) is 22.3. The Labute approximate surface area is 191 Å². The average Bonchev–Trinajstić information content (AvgIpc) is 2.97. The second-order valence-electron chi connectivity index (χ2n) is 7.39. The fraction of sp³-hybridized carbons (Fsp3) is 0.200. The first kappa shape index (κ1) is 21.8. The molecule has 0 bridgehead atoms. The smallest absolute Gasteiger partial charge is 0.335 e. The van der Waals surface area contributed by atoms with E-state index in [4.69, 9.17) is 4.74 Å². The van der Waals surface area contributed by atoms with Crippen molar-refractivity contribution < 1.29 is 19.4 Å². The van der Waals surface area contributed by atoms with Crippen molar-refractivity contribution in [1.82, 2.24) is 10.6 Å². The molecule has 164 valence electrons. The van der Waals surface area contributed by atoms with E-state index in [1.165, 1.54) is 0 Å². The van der Waals surface area contributed by atoms with Gasteiger partial charge in [0.2, 0.25) is 0 Å². The van der Waals surface area contributed by atoms with Gasteiger partial charge in [0, 0.05) is 24.4 Å². The topological polar surface area (TPSA) is 87.7 Å². The molecule has 0 fully saturated rings. The lowest BCUT2D eigenvalue weighted by Crippen LogP contribution is -2.36. The molecule has 1 atom stereocenters. The van der Waals surface area contributed by atoms with Crippen molar-refractivity contribution in [1.29, 1.82) is 0 Å². The van der Waals surface area contributed by atoms with Gasteiger partial charge in [0.25, 0.3) is 0 Å². The highest BCUT2D eigenvalue weighted by Crippen LogP contribution is 2.44. The van der Waals surface area contributed by atoms with Crippen molar-refractivity contribution in [2.75, 3.05) is 12.3 Å². The van der Waals surface area contributed by atoms with Crippen molar-refractivity contribution in [2.24, 2.45) is 0 Å². The van der Waals surface area contributed by atoms with Gasteiger partial charge >= 0.3 is 12.0 Å². The molecule has 0 spiro atoms. The van der Waals surface area contributed by atoms with Crippen LogP contribution in [0.3, 0.4) is 0 Å². The molecule has 3 N–H and O–H groups in total. The number of hydrogen-bond acceptors (Lipinski definition) is 4. The molecular weight excluding hydrogens is 424 g/mol. The molecule has 0 saturated heterocycles. The van der Waals surface area contributed by atoms with Gasteiger partial charge in [-0.25, -0.2) is 9.59 Å². The summed E-state index contributed by atoms with van der Waals surface area (Å²) in [4.78, 5) is 23.6. The van der Waals surface area contributed by atoms with Gasteiger partial charge in [-0.1, -0.05) is 54.6 Å². The highest BCUT2D eigenvalue weighted by Gasteiger charge is 2.26. The second-order valence-corrected chi connectivity index (χ2v) is 8.60. The fourth-order valence-corrected chi connectivity index (χ4v) is 4.85. The lowest BCUT2D eigenvalue weighted by Gasteiger charge is -2.19. The van der Waals surface area contributed by atoms with Crippen LogP contribution in [-0.2, 0) is 13.2 Å². The van der Waals surface area contributed by atoms with Crippen LogP contribution in [0.4, 0.5) is 4.79 Å². The first-order chi connectivity index (χ1) is 15.6. The van der Waals surface area contributed by atoms with E-state index in [0.29, 0.717) is 31.2 Å². The van der Waals surface area contributed by atoms with Gasteiger partial charge in [-0.3, -0.25) is 0 Å². The zero-order valence-electron chi connectivity index (χ0n) is 17.4. The minimum atomic E-state index is -0.967. The van der Waals surface area contributed by atoms with Crippen LogP contribution in [0.25, 0.3) is 0 Å². The number of ether oxygens (including phenoxy) is 1. The molecule has 0 radical (unpaired) electrons. The van der Waals surface area contributed by atoms with Gasteiger partial charge in [-0.05, 0) is 34.9 Å². The van der Waals surface area contributed by atoms with Crippen molar-refractivity contribution in [2.45, 2.75) is 18.4 Å². The van der Waals surface area contributed by atoms with Crippen molar-refractivity contribution in [3.05, 3.63) is 101 Å². The molecule has 3 aromatic rings. The summed E-state index contributed by atoms with van der Waals surface area (Å²) in [6, 6.07) is 22.6. The number of aromatic carboxylic acids is 1. The Morgan fingerprint density at radius 2 is 1.75 bits per heavy atom. The fourth-order valence-electron chi connectivity index (χ4n) is 3.62. The summed E-state index contributed by atoms with van der Waals surface area (Å²) in [5.41, 5.74) is 4.29. The zero-order valence-corrected chi connectivity index (χ0v) is 18.2. The number of amides is 2. The molecule has 1 aliphatic heterocycles. The van der Waals surface area contributed by atoms with Crippen molar-refractivity contribution in [3.63, 3.8) is 0 Å². The third-order valence-corrected chi connectivity index (χ3v) is 6.51. The van der Waals surface area contributed by atoms with E-state index in [1.54, 1.807) is 30.0 Å². The highest BCUT2D eigenvalue weighted by molar-refractivity contribution is 7.99. The molecule has 32 heavy (non-hydrogen) atoms. The summed E-state index contributed by atoms with van der Waals surface area (Å²) in [5, 5.41) is 15.1. The van der Waals surface area contributed by atoms with Crippen LogP contribution < -0.4 is 15.4 Å². The number of fused-ring (bicyclic) bond motifs is 2. The van der Waals surface area contributed by atoms with Crippen molar-refractivity contribution in [3.8, 4) is 5.75 Å². The Hall–Kier alpha value is -3.45. The predicted octanol–water partition coefficient (Wildman–Crippen LogP) is 4.60. The van der Waals surface area contributed by atoms with E-state index in [9.17, 15) is 14.7 Å². The molecule has 0 aromatic heterocycles. The van der Waals surface area contributed by atoms with Gasteiger partial charge < -0.3 is 20.5 Å². The highest BCUT2D eigenvalue weighted by atomic mass is 32.2. The van der Waals surface area contributed by atoms with Gasteiger partial charge in [-0.15, -0.1) is 11.8 Å². The molecule has 2 amide bonds. The lowest BCUT2D eigenvalue weighted by atomic mass is 9.98. The maximum atomic E-state index is 12.1. The Bertz CT molecular complexity index is 1100. The second kappa shape index (κ2) is 10.2. The number of thioether (sulfide) groups is 1. The Morgan fingerprint density at radius 3 is 2.56 bits per heavy atom. The van der Waals surface area contributed by atoms with Gasteiger partial charge in [0.15, 0.2) is 0 Å². The third kappa shape index (κ3) is 5.23. The number of carboxylic acids is 1. The van der Waals surface area contributed by atoms with Crippen LogP contribution in [0.5, 0.6) is 5.75 Å². The lowest BCUT2D eigenvalue weighted by molar-refractivity contribution is 0.0696. The standard InChI is InChI=1S/C25H24N2O4S/c28-24(29)18-10-11-22-21(14-18)23(20-9-5-4-8-19(20)16-31-22)32-13-12-26-25(30)27-15-17-6-2-1-3-7-17/h1-11,14,23H,12-13,15-16H2,(H,28,29)(H2,26,27,30). The Kier molecular flexibility index (Phi) is 6.97. The number of carbonyl (C=O) groups excluding carboxylic acids is 1. The first-order valence-corrected chi connectivity index (χ1v) is 11.4. The third-order valence-electron chi connectivity index (χ3n) is 5.23. The summed E-state index contributed by atoms with van der Waals surface area (Å²) in [6.45, 7) is 1.39. The van der Waals surface area contributed by atoms with Crippen LogP contribution in [0.1, 0.15) is 37.9 Å². The number of hydrogen-bond donors (Lipinski definition) is 3. The Balaban J connectivity index is 1.41. The number of urea groups is 1. The van der Waals surface area contributed by atoms with Crippen LogP contribution >= 0.6 is 11.8 Å². The van der Waals surface area contributed by atoms with Crippen molar-refractivity contribution >= 4 is 23.8 Å². The first-order valence-electron chi connectivity index (χ1n) is 10.4. The van der Waals surface area contributed by atoms with E-state index >= 15 is 0 Å². The molecule has 0 aliphatic carbocycles. The van der Waals surface area contributed by atoms with E-state index in [2.05, 4.69) is 16.7 Å². The van der Waals surface area contributed by atoms with E-state index in [0.717, 1.165) is 22.3 Å². The van der Waals surface area contributed by atoms with Gasteiger partial charge in [-0.2, -0.15) is 0 Å². The van der Waals surface area contributed by atoms with E-state index in [-0.39, 0.29) is 16.8 Å². The number of carbonyl (C=O) groups is 2. The van der Waals surface area contributed by atoms with Crippen LogP contribution in [0, 0.1) is 0 Å². The van der Waals surface area contributed by atoms with E-state index < -0.39 is 5.97 Å². The molecular formula is C25H24N2O4S. The number of rotatable bonds is 7. The Morgan fingerprint density at radius 1 is 0.969 bits per heavy atom. The number of benzene rings is 3. The van der Waals surface area contributed by atoms with Gasteiger partial charge in [0.1, 0.15) is 12.4 Å². The molecule has 6 nitrogen and oxygen atoms in total. The van der Waals surface area contributed by atoms with Gasteiger partial charge in [0.05, 0.1) is 10.8 Å².